The van der Waals surface area contributed by atoms with E-state index in [-0.39, 0.29) is 11.7 Å². The predicted molar refractivity (Wildman–Crippen MR) is 155 cm³/mol. The smallest absolute Gasteiger partial charge is 0.268 e. The molecule has 0 bridgehead atoms. The van der Waals surface area contributed by atoms with Crippen molar-refractivity contribution in [3.63, 3.8) is 0 Å². The first-order valence-electron chi connectivity index (χ1n) is 12.8. The maximum atomic E-state index is 14.1. The van der Waals surface area contributed by atoms with Crippen LogP contribution in [0.2, 0.25) is 0 Å². The Kier molecular flexibility index (Phi) is 5.83. The molecule has 0 saturated heterocycles. The summed E-state index contributed by atoms with van der Waals surface area (Å²) in [6.45, 7) is 4.88. The van der Waals surface area contributed by atoms with Crippen LogP contribution in [-0.2, 0) is 23.5 Å². The number of hydrogen-bond donors (Lipinski definition) is 0. The molecule has 38 heavy (non-hydrogen) atoms. The van der Waals surface area contributed by atoms with E-state index in [1.54, 1.807) is 27.7 Å². The Morgan fingerprint density at radius 3 is 2.66 bits per heavy atom. The molecule has 0 aliphatic carbocycles. The van der Waals surface area contributed by atoms with Crippen molar-refractivity contribution in [2.24, 2.45) is 5.92 Å². The summed E-state index contributed by atoms with van der Waals surface area (Å²) < 4.78 is 9.96. The molecule has 1 atom stereocenters. The first-order chi connectivity index (χ1) is 18.6. The standard InChI is InChI=1S/C30H26N4O2S2/c1-18(2)24-15-23-25(16-36-24)38-28-26(23)27(35)33(21-12-4-3-5-13-21)29-31-32-30(34(28)29)37-17-20-11-8-10-19-9-6-7-14-22(19)20/h3-14,18,24H,15-17H2,1-2H3. The molecule has 4 heterocycles. The second kappa shape index (κ2) is 9.38. The molecule has 6 aromatic rings. The fourth-order valence-corrected chi connectivity index (χ4v) is 7.57. The number of fused-ring (bicyclic) bond motifs is 6. The molecule has 0 saturated carbocycles. The lowest BCUT2D eigenvalue weighted by molar-refractivity contribution is 0.00200. The van der Waals surface area contributed by atoms with Crippen LogP contribution in [0.1, 0.15) is 29.9 Å². The van der Waals surface area contributed by atoms with Crippen LogP contribution >= 0.6 is 23.1 Å². The zero-order valence-electron chi connectivity index (χ0n) is 21.1. The Morgan fingerprint density at radius 2 is 1.82 bits per heavy atom. The molecular weight excluding hydrogens is 512 g/mol. The third-order valence-electron chi connectivity index (χ3n) is 7.34. The van der Waals surface area contributed by atoms with Gasteiger partial charge in [-0.15, -0.1) is 21.5 Å². The van der Waals surface area contributed by atoms with Gasteiger partial charge in [0.15, 0.2) is 5.16 Å². The van der Waals surface area contributed by atoms with Crippen molar-refractivity contribution in [2.45, 2.75) is 43.9 Å². The Hall–Kier alpha value is -3.46. The summed E-state index contributed by atoms with van der Waals surface area (Å²) in [5.74, 6) is 1.66. The van der Waals surface area contributed by atoms with Gasteiger partial charge in [0.2, 0.25) is 5.78 Å². The summed E-state index contributed by atoms with van der Waals surface area (Å²) in [5.41, 5.74) is 3.11. The molecule has 0 spiro atoms. The zero-order chi connectivity index (χ0) is 25.8. The van der Waals surface area contributed by atoms with Gasteiger partial charge in [-0.1, -0.05) is 86.3 Å². The molecule has 0 radical (unpaired) electrons. The highest BCUT2D eigenvalue weighted by molar-refractivity contribution is 7.98. The van der Waals surface area contributed by atoms with Crippen LogP contribution in [0.25, 0.3) is 32.5 Å². The van der Waals surface area contributed by atoms with Crippen molar-refractivity contribution in [2.75, 3.05) is 0 Å². The van der Waals surface area contributed by atoms with E-state index in [9.17, 15) is 4.79 Å². The number of ether oxygens (including phenoxy) is 1. The highest BCUT2D eigenvalue weighted by Crippen LogP contribution is 2.38. The molecule has 3 aromatic carbocycles. The van der Waals surface area contributed by atoms with Crippen molar-refractivity contribution in [1.29, 1.82) is 0 Å². The van der Waals surface area contributed by atoms with Crippen LogP contribution in [0.4, 0.5) is 0 Å². The van der Waals surface area contributed by atoms with Crippen LogP contribution < -0.4 is 5.56 Å². The highest BCUT2D eigenvalue weighted by Gasteiger charge is 2.30. The minimum absolute atomic E-state index is 0.0430. The van der Waals surface area contributed by atoms with E-state index in [1.807, 2.05) is 30.3 Å². The van der Waals surface area contributed by atoms with Gasteiger partial charge in [0.05, 0.1) is 23.8 Å². The number of thioether (sulfide) groups is 1. The molecule has 1 aliphatic rings. The van der Waals surface area contributed by atoms with E-state index >= 15 is 0 Å². The van der Waals surface area contributed by atoms with Gasteiger partial charge in [0.25, 0.3) is 5.56 Å². The number of nitrogens with zero attached hydrogens (tertiary/aromatic N) is 4. The number of thiophene rings is 1. The van der Waals surface area contributed by atoms with Crippen molar-refractivity contribution in [3.05, 3.63) is 99.2 Å². The molecule has 6 nitrogen and oxygen atoms in total. The maximum Gasteiger partial charge on any atom is 0.268 e. The third kappa shape index (κ3) is 3.78. The van der Waals surface area contributed by atoms with Crippen molar-refractivity contribution in [3.8, 4) is 5.69 Å². The summed E-state index contributed by atoms with van der Waals surface area (Å²) in [6.07, 6.45) is 0.838. The van der Waals surface area contributed by atoms with Gasteiger partial charge in [-0.2, -0.15) is 0 Å². The Labute approximate surface area is 227 Å². The first-order valence-corrected chi connectivity index (χ1v) is 14.6. The largest absolute Gasteiger partial charge is 0.372 e. The van der Waals surface area contributed by atoms with Crippen LogP contribution in [-0.4, -0.2) is 25.3 Å². The number of para-hydroxylation sites is 1. The van der Waals surface area contributed by atoms with E-state index in [0.717, 1.165) is 43.7 Å². The molecular formula is C30H26N4O2S2. The lowest BCUT2D eigenvalue weighted by Crippen LogP contribution is -2.28. The lowest BCUT2D eigenvalue weighted by atomic mass is 9.96. The molecule has 0 fully saturated rings. The van der Waals surface area contributed by atoms with Gasteiger partial charge in [-0.25, -0.2) is 8.97 Å². The summed E-state index contributed by atoms with van der Waals surface area (Å²) in [7, 11) is 0. The number of rotatable bonds is 5. The molecule has 0 N–H and O–H groups in total. The van der Waals surface area contributed by atoms with Gasteiger partial charge in [-0.05, 0) is 39.9 Å². The van der Waals surface area contributed by atoms with Crippen molar-refractivity contribution >= 4 is 49.9 Å². The van der Waals surface area contributed by atoms with Gasteiger partial charge in [0.1, 0.15) is 4.83 Å². The second-order valence-corrected chi connectivity index (χ2v) is 12.0. The summed E-state index contributed by atoms with van der Waals surface area (Å²) in [5, 5.41) is 13.2. The molecule has 0 amide bonds. The normalized spacial score (nSPS) is 15.6. The van der Waals surface area contributed by atoms with Gasteiger partial charge in [0, 0.05) is 17.1 Å². The monoisotopic (exact) mass is 538 g/mol. The van der Waals surface area contributed by atoms with E-state index in [2.05, 4.69) is 70.9 Å². The fourth-order valence-electron chi connectivity index (χ4n) is 5.33. The zero-order valence-corrected chi connectivity index (χ0v) is 22.8. The van der Waals surface area contributed by atoms with E-state index in [0.29, 0.717) is 18.3 Å². The van der Waals surface area contributed by atoms with Crippen LogP contribution in [0.15, 0.2) is 82.7 Å². The SMILES string of the molecule is CC(C)C1Cc2c(sc3c2c(=O)n(-c2ccccc2)c2nnc(SCc4cccc5ccccc45)n32)CO1. The average molecular weight is 539 g/mol. The van der Waals surface area contributed by atoms with E-state index in [4.69, 9.17) is 4.74 Å². The minimum Gasteiger partial charge on any atom is -0.372 e. The fraction of sp³-hybridized carbons (Fsp3) is 0.233. The molecule has 1 unspecified atom stereocenters. The average Bonchev–Trinajstić information content (AvgIpc) is 3.54. The summed E-state index contributed by atoms with van der Waals surface area (Å²) in [6, 6.07) is 24.6. The minimum atomic E-state index is -0.0430. The van der Waals surface area contributed by atoms with E-state index in [1.165, 1.54) is 16.3 Å². The van der Waals surface area contributed by atoms with Crippen molar-refractivity contribution in [1.82, 2.24) is 19.2 Å². The first kappa shape index (κ1) is 23.6. The molecule has 8 heteroatoms. The van der Waals surface area contributed by atoms with Gasteiger partial charge in [-0.3, -0.25) is 4.79 Å². The van der Waals surface area contributed by atoms with Crippen LogP contribution in [0, 0.1) is 5.92 Å². The Balaban J connectivity index is 1.43. The molecule has 7 rings (SSSR count). The number of benzene rings is 3. The molecule has 3 aromatic heterocycles. The Morgan fingerprint density at radius 1 is 1.03 bits per heavy atom. The van der Waals surface area contributed by atoms with Gasteiger partial charge < -0.3 is 4.74 Å². The maximum absolute atomic E-state index is 14.1. The molecule has 1 aliphatic heterocycles. The lowest BCUT2D eigenvalue weighted by Gasteiger charge is -2.26. The topological polar surface area (TPSA) is 61.4 Å². The Bertz CT molecular complexity index is 1870. The van der Waals surface area contributed by atoms with Crippen molar-refractivity contribution < 1.29 is 4.74 Å². The summed E-state index contributed by atoms with van der Waals surface area (Å²) >= 11 is 3.29. The summed E-state index contributed by atoms with van der Waals surface area (Å²) in [4.78, 5) is 16.2. The third-order valence-corrected chi connectivity index (χ3v) is 9.51. The second-order valence-electron chi connectivity index (χ2n) is 10.0. The van der Waals surface area contributed by atoms with Crippen LogP contribution in [0.5, 0.6) is 0 Å². The van der Waals surface area contributed by atoms with Crippen LogP contribution in [0.3, 0.4) is 0 Å². The quantitative estimate of drug-likeness (QED) is 0.230. The number of aromatic nitrogens is 4. The predicted octanol–water partition coefficient (Wildman–Crippen LogP) is 6.64. The highest BCUT2D eigenvalue weighted by atomic mass is 32.2. The van der Waals surface area contributed by atoms with Gasteiger partial charge >= 0.3 is 0 Å². The molecule has 190 valence electrons. The van der Waals surface area contributed by atoms with E-state index < -0.39 is 0 Å². The number of hydrogen-bond acceptors (Lipinski definition) is 6.